The second-order valence-electron chi connectivity index (χ2n) is 4.55. The summed E-state index contributed by atoms with van der Waals surface area (Å²) in [5.41, 5.74) is 5.90. The number of nitrogens with zero attached hydrogens (tertiary/aromatic N) is 2. The average molecular weight is 265 g/mol. The zero-order valence-electron chi connectivity index (χ0n) is 10.8. The lowest BCUT2D eigenvalue weighted by Gasteiger charge is -2.09. The zero-order chi connectivity index (χ0) is 13.8. The number of hydrogen-bond acceptors (Lipinski definition) is 5. The number of halogens is 1. The van der Waals surface area contributed by atoms with Crippen molar-refractivity contribution in [1.82, 2.24) is 10.2 Å². The monoisotopic (exact) mass is 265 g/mol. The summed E-state index contributed by atoms with van der Waals surface area (Å²) in [4.78, 5) is 0. The molecule has 0 amide bonds. The van der Waals surface area contributed by atoms with Crippen LogP contribution in [0.4, 0.5) is 4.39 Å². The second kappa shape index (κ2) is 5.79. The summed E-state index contributed by atoms with van der Waals surface area (Å²) in [7, 11) is 0. The first-order valence-electron chi connectivity index (χ1n) is 6.02. The molecule has 0 bridgehead atoms. The summed E-state index contributed by atoms with van der Waals surface area (Å²) in [5.74, 6) is 1.18. The van der Waals surface area contributed by atoms with Crippen LogP contribution in [0.15, 0.2) is 28.7 Å². The van der Waals surface area contributed by atoms with E-state index in [0.29, 0.717) is 17.5 Å². The van der Waals surface area contributed by atoms with E-state index in [9.17, 15) is 4.39 Å². The molecule has 5 nitrogen and oxygen atoms in total. The Bertz CT molecular complexity index is 525. The standard InChI is InChI=1S/C13H16FN3O2/c1-8(2)12(15)13-17-16-11(19-13)7-18-10-5-3-9(14)4-6-10/h3-6,8,12H,7,15H2,1-2H3. The highest BCUT2D eigenvalue weighted by atomic mass is 19.1. The fraction of sp³-hybridized carbons (Fsp3) is 0.385. The molecular weight excluding hydrogens is 249 g/mol. The molecule has 2 aromatic rings. The van der Waals surface area contributed by atoms with E-state index < -0.39 is 0 Å². The lowest BCUT2D eigenvalue weighted by molar-refractivity contribution is 0.253. The lowest BCUT2D eigenvalue weighted by Crippen LogP contribution is -2.16. The first-order valence-corrected chi connectivity index (χ1v) is 6.02. The van der Waals surface area contributed by atoms with Crippen LogP contribution >= 0.6 is 0 Å². The van der Waals surface area contributed by atoms with Gasteiger partial charge in [0.1, 0.15) is 11.6 Å². The minimum Gasteiger partial charge on any atom is -0.484 e. The Kier molecular flexibility index (Phi) is 4.11. The van der Waals surface area contributed by atoms with Gasteiger partial charge >= 0.3 is 0 Å². The van der Waals surface area contributed by atoms with E-state index in [1.54, 1.807) is 0 Å². The molecule has 0 aliphatic rings. The van der Waals surface area contributed by atoms with Crippen LogP contribution in [0.2, 0.25) is 0 Å². The van der Waals surface area contributed by atoms with Crippen molar-refractivity contribution in [2.75, 3.05) is 0 Å². The van der Waals surface area contributed by atoms with Crippen LogP contribution < -0.4 is 10.5 Å². The first kappa shape index (κ1) is 13.5. The lowest BCUT2D eigenvalue weighted by atomic mass is 10.1. The highest BCUT2D eigenvalue weighted by Gasteiger charge is 2.17. The summed E-state index contributed by atoms with van der Waals surface area (Å²) in [6, 6.07) is 5.43. The number of benzene rings is 1. The van der Waals surface area contributed by atoms with Crippen LogP contribution in [-0.2, 0) is 6.61 Å². The largest absolute Gasteiger partial charge is 0.484 e. The van der Waals surface area contributed by atoms with Crippen LogP contribution in [0.25, 0.3) is 0 Å². The van der Waals surface area contributed by atoms with E-state index in [0.717, 1.165) is 0 Å². The molecule has 0 spiro atoms. The molecule has 0 saturated carbocycles. The fourth-order valence-corrected chi connectivity index (χ4v) is 1.42. The maximum Gasteiger partial charge on any atom is 0.253 e. The van der Waals surface area contributed by atoms with Crippen molar-refractivity contribution in [3.63, 3.8) is 0 Å². The fourth-order valence-electron chi connectivity index (χ4n) is 1.42. The van der Waals surface area contributed by atoms with E-state index in [-0.39, 0.29) is 24.4 Å². The highest BCUT2D eigenvalue weighted by molar-refractivity contribution is 5.22. The molecule has 0 fully saturated rings. The maximum atomic E-state index is 12.7. The summed E-state index contributed by atoms with van der Waals surface area (Å²) < 4.78 is 23.5. The smallest absolute Gasteiger partial charge is 0.253 e. The van der Waals surface area contributed by atoms with Gasteiger partial charge in [-0.1, -0.05) is 13.8 Å². The Morgan fingerprint density at radius 3 is 2.58 bits per heavy atom. The van der Waals surface area contributed by atoms with Crippen LogP contribution in [0.5, 0.6) is 5.75 Å². The Balaban J connectivity index is 1.95. The molecule has 1 aromatic carbocycles. The maximum absolute atomic E-state index is 12.7. The van der Waals surface area contributed by atoms with Gasteiger partial charge in [-0.15, -0.1) is 10.2 Å². The molecule has 0 saturated heterocycles. The molecule has 1 unspecified atom stereocenters. The van der Waals surface area contributed by atoms with Crippen LogP contribution in [0.3, 0.4) is 0 Å². The number of aromatic nitrogens is 2. The van der Waals surface area contributed by atoms with Crippen molar-refractivity contribution >= 4 is 0 Å². The van der Waals surface area contributed by atoms with Crippen molar-refractivity contribution in [3.05, 3.63) is 41.9 Å². The summed E-state index contributed by atoms with van der Waals surface area (Å²) in [6.07, 6.45) is 0. The minimum absolute atomic E-state index is 0.128. The SMILES string of the molecule is CC(C)C(N)c1nnc(COc2ccc(F)cc2)o1. The molecule has 1 atom stereocenters. The molecule has 0 aliphatic heterocycles. The third kappa shape index (κ3) is 3.51. The summed E-state index contributed by atoms with van der Waals surface area (Å²) in [6.45, 7) is 4.08. The van der Waals surface area contributed by atoms with E-state index in [4.69, 9.17) is 14.9 Å². The van der Waals surface area contributed by atoms with Crippen molar-refractivity contribution in [2.45, 2.75) is 26.5 Å². The van der Waals surface area contributed by atoms with E-state index >= 15 is 0 Å². The Morgan fingerprint density at radius 1 is 1.26 bits per heavy atom. The van der Waals surface area contributed by atoms with Gasteiger partial charge in [0.25, 0.3) is 5.89 Å². The Labute approximate surface area is 110 Å². The average Bonchev–Trinajstić information content (AvgIpc) is 2.86. The molecule has 0 aliphatic carbocycles. The molecular formula is C13H16FN3O2. The number of nitrogens with two attached hydrogens (primary N) is 1. The van der Waals surface area contributed by atoms with Crippen LogP contribution in [0, 0.1) is 11.7 Å². The van der Waals surface area contributed by atoms with Gasteiger partial charge in [0, 0.05) is 0 Å². The van der Waals surface area contributed by atoms with Crippen LogP contribution in [0.1, 0.15) is 31.7 Å². The zero-order valence-corrected chi connectivity index (χ0v) is 10.8. The van der Waals surface area contributed by atoms with Crippen molar-refractivity contribution in [3.8, 4) is 5.75 Å². The van der Waals surface area contributed by atoms with Gasteiger partial charge in [0.2, 0.25) is 5.89 Å². The van der Waals surface area contributed by atoms with E-state index in [2.05, 4.69) is 10.2 Å². The van der Waals surface area contributed by atoms with Crippen molar-refractivity contribution < 1.29 is 13.5 Å². The van der Waals surface area contributed by atoms with Gasteiger partial charge in [-0.3, -0.25) is 0 Å². The van der Waals surface area contributed by atoms with Gasteiger partial charge in [-0.2, -0.15) is 0 Å². The van der Waals surface area contributed by atoms with Gasteiger partial charge in [0.15, 0.2) is 6.61 Å². The third-order valence-electron chi connectivity index (χ3n) is 2.66. The molecule has 2 rings (SSSR count). The van der Waals surface area contributed by atoms with Crippen LogP contribution in [-0.4, -0.2) is 10.2 Å². The van der Waals surface area contributed by atoms with Gasteiger partial charge in [-0.25, -0.2) is 4.39 Å². The predicted octanol–water partition coefficient (Wildman–Crippen LogP) is 2.44. The number of rotatable bonds is 5. The molecule has 19 heavy (non-hydrogen) atoms. The molecule has 1 heterocycles. The third-order valence-corrected chi connectivity index (χ3v) is 2.66. The van der Waals surface area contributed by atoms with Gasteiger partial charge < -0.3 is 14.9 Å². The van der Waals surface area contributed by atoms with E-state index in [1.807, 2.05) is 13.8 Å². The topological polar surface area (TPSA) is 74.2 Å². The van der Waals surface area contributed by atoms with Crippen molar-refractivity contribution in [2.24, 2.45) is 11.7 Å². The second-order valence-corrected chi connectivity index (χ2v) is 4.55. The van der Waals surface area contributed by atoms with E-state index in [1.165, 1.54) is 24.3 Å². The van der Waals surface area contributed by atoms with Crippen molar-refractivity contribution in [1.29, 1.82) is 0 Å². The minimum atomic E-state index is -0.310. The normalized spacial score (nSPS) is 12.7. The summed E-state index contributed by atoms with van der Waals surface area (Å²) in [5, 5.41) is 7.74. The Morgan fingerprint density at radius 2 is 1.95 bits per heavy atom. The van der Waals surface area contributed by atoms with Gasteiger partial charge in [0.05, 0.1) is 6.04 Å². The molecule has 102 valence electrons. The Hall–Kier alpha value is -1.95. The summed E-state index contributed by atoms with van der Waals surface area (Å²) >= 11 is 0. The first-order chi connectivity index (χ1) is 9.06. The quantitative estimate of drug-likeness (QED) is 0.898. The molecule has 1 aromatic heterocycles. The molecule has 6 heteroatoms. The molecule has 0 radical (unpaired) electrons. The molecule has 2 N–H and O–H groups in total. The highest BCUT2D eigenvalue weighted by Crippen LogP contribution is 2.18. The number of ether oxygens (including phenoxy) is 1. The predicted molar refractivity (Wildman–Crippen MR) is 66.8 cm³/mol. The number of hydrogen-bond donors (Lipinski definition) is 1. The van der Waals surface area contributed by atoms with Gasteiger partial charge in [-0.05, 0) is 30.2 Å².